The van der Waals surface area contributed by atoms with E-state index in [-0.39, 0.29) is 12.0 Å². The van der Waals surface area contributed by atoms with E-state index in [0.717, 1.165) is 31.3 Å². The molecule has 0 aliphatic carbocycles. The quantitative estimate of drug-likeness (QED) is 0.592. The standard InChI is InChI=1S/C14H25BrN2O3/c1-14(2,3)20-13(19)16-6-4-5-7-17-10-11(9-15)8-12(17)18/h11H,4-10H2,1-3H3,(H,16,19). The number of nitrogens with zero attached hydrogens (tertiary/aromatic N) is 1. The number of hydrogen-bond acceptors (Lipinski definition) is 3. The van der Waals surface area contributed by atoms with Gasteiger partial charge in [-0.2, -0.15) is 0 Å². The van der Waals surface area contributed by atoms with Crippen LogP contribution in [0.4, 0.5) is 4.79 Å². The first-order valence-electron chi connectivity index (χ1n) is 7.12. The van der Waals surface area contributed by atoms with Gasteiger partial charge in [0.15, 0.2) is 0 Å². The maximum atomic E-state index is 11.7. The van der Waals surface area contributed by atoms with Crippen LogP contribution in [0.15, 0.2) is 0 Å². The summed E-state index contributed by atoms with van der Waals surface area (Å²) in [6.45, 7) is 7.73. The maximum absolute atomic E-state index is 11.7. The third-order valence-corrected chi connectivity index (χ3v) is 3.95. The van der Waals surface area contributed by atoms with Gasteiger partial charge in [-0.05, 0) is 39.5 Å². The molecule has 6 heteroatoms. The second kappa shape index (κ2) is 7.86. The van der Waals surface area contributed by atoms with E-state index in [4.69, 9.17) is 4.74 Å². The number of ether oxygens (including phenoxy) is 1. The van der Waals surface area contributed by atoms with E-state index in [0.29, 0.717) is 18.9 Å². The Hall–Kier alpha value is -0.780. The highest BCUT2D eigenvalue weighted by molar-refractivity contribution is 9.09. The zero-order chi connectivity index (χ0) is 15.2. The largest absolute Gasteiger partial charge is 0.444 e. The molecule has 0 radical (unpaired) electrons. The number of amides is 2. The average Bonchev–Trinajstić information content (AvgIpc) is 2.67. The van der Waals surface area contributed by atoms with Crippen LogP contribution in [-0.2, 0) is 9.53 Å². The molecule has 5 nitrogen and oxygen atoms in total. The minimum atomic E-state index is -0.462. The summed E-state index contributed by atoms with van der Waals surface area (Å²) in [5.74, 6) is 0.692. The second-order valence-corrected chi connectivity index (χ2v) is 6.85. The van der Waals surface area contributed by atoms with Gasteiger partial charge in [0.05, 0.1) is 0 Å². The monoisotopic (exact) mass is 348 g/mol. The van der Waals surface area contributed by atoms with E-state index in [1.54, 1.807) is 0 Å². The first-order valence-corrected chi connectivity index (χ1v) is 8.24. The molecule has 0 aromatic carbocycles. The maximum Gasteiger partial charge on any atom is 0.407 e. The number of carbonyl (C=O) groups excluding carboxylic acids is 2. The van der Waals surface area contributed by atoms with Crippen molar-refractivity contribution in [1.82, 2.24) is 10.2 Å². The van der Waals surface area contributed by atoms with Gasteiger partial charge in [-0.15, -0.1) is 0 Å². The van der Waals surface area contributed by atoms with Gasteiger partial charge in [-0.25, -0.2) is 4.79 Å². The molecule has 0 aromatic heterocycles. The Labute approximate surface area is 129 Å². The molecule has 2 amide bonds. The van der Waals surface area contributed by atoms with Crippen LogP contribution >= 0.6 is 15.9 Å². The summed E-state index contributed by atoms with van der Waals surface area (Å²) >= 11 is 3.42. The molecule has 1 rings (SSSR count). The van der Waals surface area contributed by atoms with Gasteiger partial charge in [0.25, 0.3) is 0 Å². The van der Waals surface area contributed by atoms with Gasteiger partial charge < -0.3 is 15.0 Å². The molecular formula is C14H25BrN2O3. The molecule has 1 saturated heterocycles. The summed E-state index contributed by atoms with van der Waals surface area (Å²) in [6.07, 6.45) is 2.02. The van der Waals surface area contributed by atoms with Gasteiger partial charge in [-0.1, -0.05) is 15.9 Å². The molecule has 20 heavy (non-hydrogen) atoms. The Morgan fingerprint density at radius 2 is 2.15 bits per heavy atom. The predicted molar refractivity (Wildman–Crippen MR) is 82.0 cm³/mol. The summed E-state index contributed by atoms with van der Waals surface area (Å²) in [5.41, 5.74) is -0.462. The van der Waals surface area contributed by atoms with Gasteiger partial charge in [0, 0.05) is 31.4 Å². The van der Waals surface area contributed by atoms with Crippen molar-refractivity contribution in [3.63, 3.8) is 0 Å². The van der Waals surface area contributed by atoms with E-state index in [1.165, 1.54) is 0 Å². The minimum absolute atomic E-state index is 0.245. The van der Waals surface area contributed by atoms with Crippen LogP contribution in [0.25, 0.3) is 0 Å². The molecule has 1 aliphatic rings. The summed E-state index contributed by atoms with van der Waals surface area (Å²) in [4.78, 5) is 25.0. The Kier molecular flexibility index (Phi) is 6.79. The first-order chi connectivity index (χ1) is 9.31. The molecule has 1 heterocycles. The third kappa shape index (κ3) is 6.59. The van der Waals surface area contributed by atoms with Crippen molar-refractivity contribution in [2.75, 3.05) is 25.0 Å². The van der Waals surface area contributed by atoms with E-state index in [1.807, 2.05) is 25.7 Å². The van der Waals surface area contributed by atoms with E-state index in [2.05, 4.69) is 21.2 Å². The van der Waals surface area contributed by atoms with Crippen LogP contribution in [0, 0.1) is 5.92 Å². The molecule has 1 fully saturated rings. The number of alkyl halides is 1. The topological polar surface area (TPSA) is 58.6 Å². The Bertz CT molecular complexity index is 342. The first kappa shape index (κ1) is 17.3. The predicted octanol–water partition coefficient (Wildman–Crippen LogP) is 2.53. The van der Waals surface area contributed by atoms with Crippen molar-refractivity contribution in [3.8, 4) is 0 Å². The van der Waals surface area contributed by atoms with Crippen molar-refractivity contribution >= 4 is 27.9 Å². The smallest absolute Gasteiger partial charge is 0.407 e. The zero-order valence-corrected chi connectivity index (χ0v) is 14.2. The van der Waals surface area contributed by atoms with Crippen LogP contribution in [0.1, 0.15) is 40.0 Å². The number of rotatable bonds is 6. The number of unbranched alkanes of at least 4 members (excludes halogenated alkanes) is 1. The normalized spacial score (nSPS) is 19.3. The molecule has 0 saturated carbocycles. The molecule has 0 bridgehead atoms. The molecule has 0 aromatic rings. The molecule has 116 valence electrons. The van der Waals surface area contributed by atoms with Crippen molar-refractivity contribution in [1.29, 1.82) is 0 Å². The fourth-order valence-corrected chi connectivity index (χ4v) is 2.54. The van der Waals surface area contributed by atoms with Crippen molar-refractivity contribution in [2.45, 2.75) is 45.6 Å². The van der Waals surface area contributed by atoms with Crippen molar-refractivity contribution in [3.05, 3.63) is 0 Å². The van der Waals surface area contributed by atoms with Crippen LogP contribution in [0.5, 0.6) is 0 Å². The lowest BCUT2D eigenvalue weighted by Gasteiger charge is -2.20. The van der Waals surface area contributed by atoms with Gasteiger partial charge >= 0.3 is 6.09 Å². The second-order valence-electron chi connectivity index (χ2n) is 6.20. The Balaban J connectivity index is 2.08. The molecule has 0 spiro atoms. The number of alkyl carbamates (subject to hydrolysis) is 1. The van der Waals surface area contributed by atoms with E-state index < -0.39 is 5.60 Å². The summed E-state index contributed by atoms with van der Waals surface area (Å²) < 4.78 is 5.14. The summed E-state index contributed by atoms with van der Waals surface area (Å²) in [6, 6.07) is 0. The number of nitrogens with one attached hydrogen (secondary N) is 1. The Morgan fingerprint density at radius 1 is 1.45 bits per heavy atom. The highest BCUT2D eigenvalue weighted by Gasteiger charge is 2.27. The number of carbonyl (C=O) groups is 2. The summed E-state index contributed by atoms with van der Waals surface area (Å²) in [5, 5.41) is 3.61. The lowest BCUT2D eigenvalue weighted by Crippen LogP contribution is -2.33. The number of likely N-dealkylation sites (tertiary alicyclic amines) is 1. The van der Waals surface area contributed by atoms with Gasteiger partial charge in [-0.3, -0.25) is 4.79 Å². The lowest BCUT2D eigenvalue weighted by atomic mass is 10.2. The highest BCUT2D eigenvalue weighted by atomic mass is 79.9. The fraction of sp³-hybridized carbons (Fsp3) is 0.857. The molecule has 1 atom stereocenters. The van der Waals surface area contributed by atoms with Crippen molar-refractivity contribution in [2.24, 2.45) is 5.92 Å². The molecule has 1 N–H and O–H groups in total. The SMILES string of the molecule is CC(C)(C)OC(=O)NCCCCN1CC(CBr)CC1=O. The number of hydrogen-bond donors (Lipinski definition) is 1. The molecule has 1 aliphatic heterocycles. The lowest BCUT2D eigenvalue weighted by molar-refractivity contribution is -0.127. The van der Waals surface area contributed by atoms with Crippen LogP contribution in [0.2, 0.25) is 0 Å². The Morgan fingerprint density at radius 3 is 2.70 bits per heavy atom. The zero-order valence-electron chi connectivity index (χ0n) is 12.6. The number of halogens is 1. The van der Waals surface area contributed by atoms with Crippen LogP contribution in [0.3, 0.4) is 0 Å². The van der Waals surface area contributed by atoms with E-state index in [9.17, 15) is 9.59 Å². The minimum Gasteiger partial charge on any atom is -0.444 e. The molecule has 1 unspecified atom stereocenters. The fourth-order valence-electron chi connectivity index (χ4n) is 2.11. The molecular weight excluding hydrogens is 324 g/mol. The van der Waals surface area contributed by atoms with Crippen LogP contribution < -0.4 is 5.32 Å². The van der Waals surface area contributed by atoms with Gasteiger partial charge in [0.1, 0.15) is 5.60 Å². The van der Waals surface area contributed by atoms with Crippen molar-refractivity contribution < 1.29 is 14.3 Å². The van der Waals surface area contributed by atoms with E-state index >= 15 is 0 Å². The highest BCUT2D eigenvalue weighted by Crippen LogP contribution is 2.19. The van der Waals surface area contributed by atoms with Gasteiger partial charge in [0.2, 0.25) is 5.91 Å². The third-order valence-electron chi connectivity index (χ3n) is 3.04. The summed E-state index contributed by atoms with van der Waals surface area (Å²) in [7, 11) is 0. The van der Waals surface area contributed by atoms with Crippen LogP contribution in [-0.4, -0.2) is 47.5 Å². The average molecular weight is 349 g/mol.